The van der Waals surface area contributed by atoms with Crippen LogP contribution in [0.1, 0.15) is 13.3 Å². The summed E-state index contributed by atoms with van der Waals surface area (Å²) >= 11 is 0. The molecule has 0 radical (unpaired) electrons. The van der Waals surface area contributed by atoms with Crippen LogP contribution in [-0.2, 0) is 19.6 Å². The fourth-order valence-electron chi connectivity index (χ4n) is 1.49. The number of rotatable bonds is 9. The molecule has 7 nitrogen and oxygen atoms in total. The monoisotopic (exact) mass is 366 g/mol. The highest BCUT2D eigenvalue weighted by Crippen LogP contribution is 2.16. The molecule has 1 aromatic rings. The van der Waals surface area contributed by atoms with E-state index in [-0.39, 0.29) is 42.3 Å². The van der Waals surface area contributed by atoms with Gasteiger partial charge in [-0.3, -0.25) is 4.79 Å². The highest BCUT2D eigenvalue weighted by Gasteiger charge is 2.14. The van der Waals surface area contributed by atoms with Crippen molar-refractivity contribution in [3.63, 3.8) is 0 Å². The Morgan fingerprint density at radius 3 is 2.39 bits per heavy atom. The van der Waals surface area contributed by atoms with Crippen LogP contribution in [0.25, 0.3) is 0 Å². The average molecular weight is 367 g/mol. The lowest BCUT2D eigenvalue weighted by Gasteiger charge is -2.12. The minimum Gasteiger partial charge on any atom is -0.493 e. The van der Waals surface area contributed by atoms with Crippen LogP contribution >= 0.6 is 12.4 Å². The minimum absolute atomic E-state index is 0. The van der Waals surface area contributed by atoms with E-state index in [1.54, 1.807) is 19.2 Å². The lowest BCUT2D eigenvalue weighted by molar-refractivity contribution is -0.141. The first-order valence-corrected chi connectivity index (χ1v) is 8.34. The zero-order valence-electron chi connectivity index (χ0n) is 13.4. The number of sulfonamides is 1. The second-order valence-electron chi connectivity index (χ2n) is 4.69. The van der Waals surface area contributed by atoms with Gasteiger partial charge in [0.2, 0.25) is 10.0 Å². The summed E-state index contributed by atoms with van der Waals surface area (Å²) in [5.41, 5.74) is 0. The van der Waals surface area contributed by atoms with Gasteiger partial charge in [0.15, 0.2) is 0 Å². The highest BCUT2D eigenvalue weighted by atomic mass is 35.5. The Labute approximate surface area is 143 Å². The van der Waals surface area contributed by atoms with E-state index >= 15 is 0 Å². The highest BCUT2D eigenvalue weighted by molar-refractivity contribution is 7.89. The van der Waals surface area contributed by atoms with Gasteiger partial charge >= 0.3 is 5.97 Å². The molecule has 0 heterocycles. The molecule has 0 bridgehead atoms. The molecule has 0 saturated heterocycles. The van der Waals surface area contributed by atoms with Gasteiger partial charge in [-0.2, -0.15) is 0 Å². The first-order valence-electron chi connectivity index (χ1n) is 6.85. The van der Waals surface area contributed by atoms with Crippen molar-refractivity contribution in [3.8, 4) is 5.75 Å². The number of benzene rings is 1. The fourth-order valence-corrected chi connectivity index (χ4v) is 2.62. The summed E-state index contributed by atoms with van der Waals surface area (Å²) in [6, 6.07) is 6.05. The predicted molar refractivity (Wildman–Crippen MR) is 89.5 cm³/mol. The van der Waals surface area contributed by atoms with Crippen molar-refractivity contribution in [1.29, 1.82) is 0 Å². The Morgan fingerprint density at radius 1 is 1.26 bits per heavy atom. The van der Waals surface area contributed by atoms with Crippen LogP contribution in [0, 0.1) is 0 Å². The molecule has 0 spiro atoms. The minimum atomic E-state index is -3.54. The number of methoxy groups -OCH3 is 1. The molecule has 2 N–H and O–H groups in total. The van der Waals surface area contributed by atoms with E-state index in [1.807, 2.05) is 6.92 Å². The summed E-state index contributed by atoms with van der Waals surface area (Å²) in [5, 5.41) is 2.95. The Balaban J connectivity index is 0.00000484. The Morgan fingerprint density at radius 2 is 1.87 bits per heavy atom. The van der Waals surface area contributed by atoms with Crippen molar-refractivity contribution >= 4 is 28.4 Å². The van der Waals surface area contributed by atoms with Gasteiger partial charge in [0, 0.05) is 12.6 Å². The predicted octanol–water partition coefficient (Wildman–Crippen LogP) is 0.937. The Hall–Kier alpha value is -1.35. The topological polar surface area (TPSA) is 93.7 Å². The second kappa shape index (κ2) is 10.4. The summed E-state index contributed by atoms with van der Waals surface area (Å²) in [7, 11) is -0.467. The molecule has 23 heavy (non-hydrogen) atoms. The van der Waals surface area contributed by atoms with E-state index in [0.717, 1.165) is 0 Å². The van der Waals surface area contributed by atoms with Crippen LogP contribution in [0.5, 0.6) is 5.75 Å². The molecule has 1 rings (SSSR count). The van der Waals surface area contributed by atoms with Gasteiger partial charge in [0.25, 0.3) is 0 Å². The van der Waals surface area contributed by atoms with Crippen molar-refractivity contribution in [2.24, 2.45) is 0 Å². The molecule has 0 aliphatic heterocycles. The van der Waals surface area contributed by atoms with E-state index in [2.05, 4.69) is 14.8 Å². The molecular formula is C14H23ClN2O5S. The standard InChI is InChI=1S/C14H22N2O5S.ClH/c1-11(15-2)10-16-22(18,19)13-6-4-12(5-7-13)21-9-8-14(17)20-3;/h4-7,11,15-16H,8-10H2,1-3H3;1H. The third-order valence-electron chi connectivity index (χ3n) is 3.01. The summed E-state index contributed by atoms with van der Waals surface area (Å²) in [6.45, 7) is 2.35. The lowest BCUT2D eigenvalue weighted by atomic mass is 10.3. The van der Waals surface area contributed by atoms with Crippen LogP contribution in [0.4, 0.5) is 0 Å². The smallest absolute Gasteiger partial charge is 0.308 e. The molecule has 132 valence electrons. The van der Waals surface area contributed by atoms with E-state index in [0.29, 0.717) is 12.3 Å². The molecule has 0 aliphatic carbocycles. The summed E-state index contributed by atoms with van der Waals surface area (Å²) in [6.07, 6.45) is 0.139. The number of carbonyl (C=O) groups is 1. The summed E-state index contributed by atoms with van der Waals surface area (Å²) in [4.78, 5) is 11.1. The maximum absolute atomic E-state index is 12.1. The molecule has 0 amide bonds. The SMILES string of the molecule is CNC(C)CNS(=O)(=O)c1ccc(OCCC(=O)OC)cc1.Cl. The van der Waals surface area contributed by atoms with E-state index in [9.17, 15) is 13.2 Å². The van der Waals surface area contributed by atoms with Crippen LogP contribution in [0.2, 0.25) is 0 Å². The number of hydrogen-bond acceptors (Lipinski definition) is 6. The van der Waals surface area contributed by atoms with Gasteiger partial charge in [0.05, 0.1) is 25.0 Å². The molecule has 0 fully saturated rings. The number of esters is 1. The van der Waals surface area contributed by atoms with Crippen LogP contribution in [-0.4, -0.2) is 47.7 Å². The number of hydrogen-bond donors (Lipinski definition) is 2. The Kier molecular flexibility index (Phi) is 9.82. The molecule has 1 atom stereocenters. The Bertz CT molecular complexity index is 577. The largest absolute Gasteiger partial charge is 0.493 e. The maximum atomic E-state index is 12.1. The van der Waals surface area contributed by atoms with Crippen molar-refractivity contribution in [2.75, 3.05) is 27.3 Å². The van der Waals surface area contributed by atoms with Crippen molar-refractivity contribution in [1.82, 2.24) is 10.0 Å². The molecular weight excluding hydrogens is 344 g/mol. The number of halogens is 1. The fraction of sp³-hybridized carbons (Fsp3) is 0.500. The molecule has 0 aliphatic rings. The van der Waals surface area contributed by atoms with Crippen LogP contribution in [0.15, 0.2) is 29.2 Å². The molecule has 9 heteroatoms. The number of likely N-dealkylation sites (N-methyl/N-ethyl adjacent to an activating group) is 1. The second-order valence-corrected chi connectivity index (χ2v) is 6.45. The van der Waals surface area contributed by atoms with E-state index in [1.165, 1.54) is 19.2 Å². The van der Waals surface area contributed by atoms with Gasteiger partial charge in [-0.25, -0.2) is 13.1 Å². The summed E-state index contributed by atoms with van der Waals surface area (Å²) in [5.74, 6) is 0.133. The van der Waals surface area contributed by atoms with E-state index in [4.69, 9.17) is 4.74 Å². The molecule has 1 unspecified atom stereocenters. The number of carbonyl (C=O) groups excluding carboxylic acids is 1. The first-order chi connectivity index (χ1) is 10.4. The zero-order valence-corrected chi connectivity index (χ0v) is 15.0. The van der Waals surface area contributed by atoms with Crippen molar-refractivity contribution < 1.29 is 22.7 Å². The maximum Gasteiger partial charge on any atom is 0.308 e. The molecule has 0 aromatic heterocycles. The van der Waals surface area contributed by atoms with Gasteiger partial charge in [-0.15, -0.1) is 12.4 Å². The summed E-state index contributed by atoms with van der Waals surface area (Å²) < 4.78 is 36.5. The van der Waals surface area contributed by atoms with Gasteiger partial charge in [0.1, 0.15) is 5.75 Å². The lowest BCUT2D eigenvalue weighted by Crippen LogP contribution is -2.37. The average Bonchev–Trinajstić information content (AvgIpc) is 2.53. The zero-order chi connectivity index (χ0) is 16.6. The van der Waals surface area contributed by atoms with Gasteiger partial charge in [-0.1, -0.05) is 0 Å². The third kappa shape index (κ3) is 7.65. The van der Waals surface area contributed by atoms with E-state index < -0.39 is 10.0 Å². The first kappa shape index (κ1) is 21.6. The molecule has 0 saturated carbocycles. The van der Waals surface area contributed by atoms with Crippen molar-refractivity contribution in [2.45, 2.75) is 24.3 Å². The third-order valence-corrected chi connectivity index (χ3v) is 4.45. The van der Waals surface area contributed by atoms with Gasteiger partial charge in [-0.05, 0) is 38.2 Å². The quantitative estimate of drug-likeness (QED) is 0.632. The van der Waals surface area contributed by atoms with Crippen LogP contribution in [0.3, 0.4) is 0 Å². The molecule has 1 aromatic carbocycles. The normalized spacial score (nSPS) is 12.1. The van der Waals surface area contributed by atoms with Crippen molar-refractivity contribution in [3.05, 3.63) is 24.3 Å². The van der Waals surface area contributed by atoms with Gasteiger partial charge < -0.3 is 14.8 Å². The van der Waals surface area contributed by atoms with Crippen LogP contribution < -0.4 is 14.8 Å². The number of ether oxygens (including phenoxy) is 2. The number of nitrogens with one attached hydrogen (secondary N) is 2.